The number of amides is 2. The third-order valence-corrected chi connectivity index (χ3v) is 5.89. The van der Waals surface area contributed by atoms with E-state index in [1.165, 1.54) is 0 Å². The van der Waals surface area contributed by atoms with Crippen molar-refractivity contribution < 1.29 is 14.7 Å². The second kappa shape index (κ2) is 7.72. The topological polar surface area (TPSA) is 73.7 Å². The minimum atomic E-state index is -0.966. The Morgan fingerprint density at radius 3 is 2.36 bits per heavy atom. The van der Waals surface area contributed by atoms with E-state index >= 15 is 0 Å². The molecule has 2 aliphatic rings. The van der Waals surface area contributed by atoms with Crippen LogP contribution < -0.4 is 0 Å². The third kappa shape index (κ3) is 3.64. The Kier molecular flexibility index (Phi) is 5.13. The summed E-state index contributed by atoms with van der Waals surface area (Å²) in [6, 6.07) is 14.9. The minimum Gasteiger partial charge on any atom is -0.383 e. The van der Waals surface area contributed by atoms with E-state index in [2.05, 4.69) is 4.98 Å². The quantitative estimate of drug-likeness (QED) is 0.886. The second-order valence-electron chi connectivity index (χ2n) is 7.69. The van der Waals surface area contributed by atoms with Crippen molar-refractivity contribution in [3.8, 4) is 0 Å². The average Bonchev–Trinajstić information content (AvgIpc) is 3.17. The van der Waals surface area contributed by atoms with Gasteiger partial charge >= 0.3 is 0 Å². The van der Waals surface area contributed by atoms with Gasteiger partial charge in [0.25, 0.3) is 5.91 Å². The largest absolute Gasteiger partial charge is 0.383 e. The Labute approximate surface area is 164 Å². The molecular weight excluding hydrogens is 354 g/mol. The summed E-state index contributed by atoms with van der Waals surface area (Å²) >= 11 is 0. The molecule has 6 nitrogen and oxygen atoms in total. The molecule has 2 aliphatic heterocycles. The Morgan fingerprint density at radius 2 is 1.68 bits per heavy atom. The molecule has 1 atom stereocenters. The highest BCUT2D eigenvalue weighted by molar-refractivity contribution is 5.92. The number of aliphatic hydroxyl groups is 1. The van der Waals surface area contributed by atoms with Crippen LogP contribution in [0.1, 0.15) is 35.3 Å². The molecule has 146 valence electrons. The first-order chi connectivity index (χ1) is 13.6. The van der Waals surface area contributed by atoms with Gasteiger partial charge in [-0.15, -0.1) is 0 Å². The van der Waals surface area contributed by atoms with Crippen LogP contribution in [-0.2, 0) is 10.4 Å². The van der Waals surface area contributed by atoms with Gasteiger partial charge in [0.15, 0.2) is 0 Å². The van der Waals surface area contributed by atoms with Crippen molar-refractivity contribution in [2.45, 2.75) is 24.9 Å². The van der Waals surface area contributed by atoms with Crippen LogP contribution in [0.4, 0.5) is 0 Å². The molecule has 0 aliphatic carbocycles. The predicted molar refractivity (Wildman–Crippen MR) is 104 cm³/mol. The van der Waals surface area contributed by atoms with Crippen LogP contribution in [0.15, 0.2) is 54.7 Å². The van der Waals surface area contributed by atoms with Gasteiger partial charge in [0, 0.05) is 31.7 Å². The van der Waals surface area contributed by atoms with Crippen LogP contribution in [0, 0.1) is 5.92 Å². The van der Waals surface area contributed by atoms with E-state index in [1.807, 2.05) is 30.3 Å². The first-order valence-corrected chi connectivity index (χ1v) is 9.84. The van der Waals surface area contributed by atoms with Crippen molar-refractivity contribution in [1.82, 2.24) is 14.8 Å². The van der Waals surface area contributed by atoms with Crippen molar-refractivity contribution in [3.05, 3.63) is 66.0 Å². The summed E-state index contributed by atoms with van der Waals surface area (Å²) in [4.78, 5) is 33.2. The van der Waals surface area contributed by atoms with Crippen LogP contribution in [0.25, 0.3) is 0 Å². The number of β-amino-alcohol motifs (C(OH)–C–C–N with tert-alkyl or cyclic N) is 1. The van der Waals surface area contributed by atoms with Crippen LogP contribution in [0.5, 0.6) is 0 Å². The molecule has 0 spiro atoms. The number of rotatable bonds is 3. The lowest BCUT2D eigenvalue weighted by Gasteiger charge is -2.33. The second-order valence-corrected chi connectivity index (χ2v) is 7.69. The molecule has 2 saturated heterocycles. The number of carbonyl (C=O) groups excluding carboxylic acids is 2. The van der Waals surface area contributed by atoms with Crippen LogP contribution in [0.2, 0.25) is 0 Å². The molecule has 0 bridgehead atoms. The summed E-state index contributed by atoms with van der Waals surface area (Å²) in [6.07, 6.45) is 3.47. The standard InChI is InChI=1S/C22H25N3O3/c26-20(25-15-11-22(28,16-25)18-6-2-1-3-7-18)17-9-13-24(14-10-17)21(27)19-8-4-5-12-23-19/h1-8,12,17,28H,9-11,13-16H2/t22-/m1/s1. The van der Waals surface area contributed by atoms with E-state index < -0.39 is 5.60 Å². The van der Waals surface area contributed by atoms with Gasteiger partial charge in [0.05, 0.1) is 6.54 Å². The lowest BCUT2D eigenvalue weighted by molar-refractivity contribution is -0.136. The van der Waals surface area contributed by atoms with Gasteiger partial charge in [0.1, 0.15) is 11.3 Å². The lowest BCUT2D eigenvalue weighted by Crippen LogP contribution is -2.44. The summed E-state index contributed by atoms with van der Waals surface area (Å²) in [7, 11) is 0. The molecule has 1 aromatic carbocycles. The van der Waals surface area contributed by atoms with E-state index in [9.17, 15) is 14.7 Å². The number of pyridine rings is 1. The third-order valence-electron chi connectivity index (χ3n) is 5.89. The summed E-state index contributed by atoms with van der Waals surface area (Å²) < 4.78 is 0. The molecule has 0 unspecified atom stereocenters. The zero-order chi connectivity index (χ0) is 19.6. The number of aromatic nitrogens is 1. The first kappa shape index (κ1) is 18.6. The van der Waals surface area contributed by atoms with Gasteiger partial charge in [-0.3, -0.25) is 14.6 Å². The predicted octanol–water partition coefficient (Wildman–Crippen LogP) is 2.05. The molecule has 2 fully saturated rings. The molecule has 2 amide bonds. The smallest absolute Gasteiger partial charge is 0.272 e. The normalized spacial score (nSPS) is 23.0. The van der Waals surface area contributed by atoms with Gasteiger partial charge < -0.3 is 14.9 Å². The zero-order valence-corrected chi connectivity index (χ0v) is 15.8. The molecule has 1 N–H and O–H groups in total. The molecule has 4 rings (SSSR count). The van der Waals surface area contributed by atoms with Crippen LogP contribution in [-0.4, -0.2) is 57.9 Å². The number of benzene rings is 1. The van der Waals surface area contributed by atoms with Crippen molar-refractivity contribution >= 4 is 11.8 Å². The van der Waals surface area contributed by atoms with E-state index in [0.717, 1.165) is 5.56 Å². The summed E-state index contributed by atoms with van der Waals surface area (Å²) in [5.41, 5.74) is 0.341. The maximum Gasteiger partial charge on any atom is 0.272 e. The van der Waals surface area contributed by atoms with Crippen molar-refractivity contribution in [2.75, 3.05) is 26.2 Å². The fraction of sp³-hybridized carbons (Fsp3) is 0.409. The number of likely N-dealkylation sites (tertiary alicyclic amines) is 2. The van der Waals surface area contributed by atoms with Gasteiger partial charge in [-0.05, 0) is 37.0 Å². The fourth-order valence-corrected chi connectivity index (χ4v) is 4.20. The Balaban J connectivity index is 1.34. The molecule has 2 aromatic rings. The first-order valence-electron chi connectivity index (χ1n) is 9.84. The minimum absolute atomic E-state index is 0.0777. The highest BCUT2D eigenvalue weighted by atomic mass is 16.3. The number of piperidine rings is 1. The van der Waals surface area contributed by atoms with Gasteiger partial charge in [-0.2, -0.15) is 0 Å². The lowest BCUT2D eigenvalue weighted by atomic mass is 9.93. The zero-order valence-electron chi connectivity index (χ0n) is 15.8. The maximum absolute atomic E-state index is 13.0. The van der Waals surface area contributed by atoms with Crippen molar-refractivity contribution in [3.63, 3.8) is 0 Å². The molecule has 0 saturated carbocycles. The molecule has 0 radical (unpaired) electrons. The van der Waals surface area contributed by atoms with Gasteiger partial charge in [-0.25, -0.2) is 0 Å². The molecule has 1 aromatic heterocycles. The summed E-state index contributed by atoms with van der Waals surface area (Å²) in [5, 5.41) is 11.0. The SMILES string of the molecule is O=C(c1ccccn1)N1CCC(C(=O)N2CC[C@](O)(c3ccccc3)C2)CC1. The number of hydrogen-bond acceptors (Lipinski definition) is 4. The molecular formula is C22H25N3O3. The van der Waals surface area contributed by atoms with Gasteiger partial charge in [-0.1, -0.05) is 36.4 Å². The van der Waals surface area contributed by atoms with E-state index in [-0.39, 0.29) is 17.7 Å². The number of nitrogens with zero attached hydrogens (tertiary/aromatic N) is 3. The Morgan fingerprint density at radius 1 is 0.964 bits per heavy atom. The van der Waals surface area contributed by atoms with E-state index in [1.54, 1.807) is 34.2 Å². The van der Waals surface area contributed by atoms with E-state index in [4.69, 9.17) is 0 Å². The highest BCUT2D eigenvalue weighted by Gasteiger charge is 2.41. The van der Waals surface area contributed by atoms with Crippen molar-refractivity contribution in [2.24, 2.45) is 5.92 Å². The van der Waals surface area contributed by atoms with Crippen LogP contribution >= 0.6 is 0 Å². The highest BCUT2D eigenvalue weighted by Crippen LogP contribution is 2.33. The summed E-state index contributed by atoms with van der Waals surface area (Å²) in [6.45, 7) is 2.02. The molecule has 3 heterocycles. The van der Waals surface area contributed by atoms with Crippen LogP contribution in [0.3, 0.4) is 0 Å². The molecule has 6 heteroatoms. The summed E-state index contributed by atoms with van der Waals surface area (Å²) in [5.74, 6) is -0.0752. The van der Waals surface area contributed by atoms with Gasteiger partial charge in [0.2, 0.25) is 5.91 Å². The Bertz CT molecular complexity index is 835. The fourth-order valence-electron chi connectivity index (χ4n) is 4.20. The number of carbonyl (C=O) groups is 2. The Hall–Kier alpha value is -2.73. The monoisotopic (exact) mass is 379 g/mol. The average molecular weight is 379 g/mol. The maximum atomic E-state index is 13.0. The number of hydrogen-bond donors (Lipinski definition) is 1. The van der Waals surface area contributed by atoms with Crippen molar-refractivity contribution in [1.29, 1.82) is 0 Å². The molecule has 28 heavy (non-hydrogen) atoms. The van der Waals surface area contributed by atoms with E-state index in [0.29, 0.717) is 51.1 Å².